The Bertz CT molecular complexity index is 437. The van der Waals surface area contributed by atoms with Crippen LogP contribution in [0.5, 0.6) is 0 Å². The molecule has 6 nitrogen and oxygen atoms in total. The fraction of sp³-hybridized carbons (Fsp3) is 0. The molecule has 0 spiro atoms. The van der Waals surface area contributed by atoms with Gasteiger partial charge in [0.1, 0.15) is 10.9 Å². The first-order valence-corrected chi connectivity index (χ1v) is 4.56. The number of urea groups is 1. The minimum atomic E-state index is -0.586. The summed E-state index contributed by atoms with van der Waals surface area (Å²) in [7, 11) is 0. The van der Waals surface area contributed by atoms with Gasteiger partial charge in [0.05, 0.1) is 5.71 Å². The molecule has 0 radical (unpaired) electrons. The molecule has 0 unspecified atom stereocenters. The predicted octanol–water partition coefficient (Wildman–Crippen LogP) is 0.333. The number of carbonyl (C=O) groups is 2. The molecule has 0 aromatic rings. The maximum Gasteiger partial charge on any atom is 0.326 e. The normalized spacial score (nSPS) is 19.1. The number of aliphatic imine (C=N–C) groups is 1. The molecular weight excluding hydrogens is 232 g/mol. The molecule has 1 aliphatic heterocycles. The van der Waals surface area contributed by atoms with E-state index in [0.29, 0.717) is 5.71 Å². The quantitative estimate of drug-likeness (QED) is 0.287. The number of nitrogens with two attached hydrogens (primary N) is 1. The van der Waals surface area contributed by atoms with Gasteiger partial charge in [-0.2, -0.15) is 0 Å². The lowest BCUT2D eigenvalue weighted by molar-refractivity contribution is -0.115. The van der Waals surface area contributed by atoms with Crippen molar-refractivity contribution in [3.63, 3.8) is 0 Å². The van der Waals surface area contributed by atoms with Gasteiger partial charge in [0, 0.05) is 0 Å². The fourth-order valence-electron chi connectivity index (χ4n) is 0.987. The van der Waals surface area contributed by atoms with Crippen LogP contribution in [0.4, 0.5) is 4.79 Å². The molecule has 3 amide bonds. The van der Waals surface area contributed by atoms with Crippen LogP contribution in [0, 0.1) is 0 Å². The van der Waals surface area contributed by atoms with Crippen LogP contribution in [0.2, 0.25) is 0 Å². The molecule has 0 aromatic heterocycles. The monoisotopic (exact) mass is 240 g/mol. The van der Waals surface area contributed by atoms with Gasteiger partial charge in [0.2, 0.25) is 0 Å². The minimum absolute atomic E-state index is 0.0367. The summed E-state index contributed by atoms with van der Waals surface area (Å²) in [6, 6.07) is -0.586. The molecule has 0 saturated carbocycles. The number of rotatable bonds is 3. The summed E-state index contributed by atoms with van der Waals surface area (Å²) >= 11 is 5.48. The summed E-state index contributed by atoms with van der Waals surface area (Å²) in [5, 5.41) is 4.38. The van der Waals surface area contributed by atoms with Crippen molar-refractivity contribution in [2.75, 3.05) is 0 Å². The summed E-state index contributed by atoms with van der Waals surface area (Å²) in [5.74, 6) is -0.539. The van der Waals surface area contributed by atoms with Gasteiger partial charge in [-0.25, -0.2) is 9.79 Å². The topological polar surface area (TPSA) is 96.6 Å². The van der Waals surface area contributed by atoms with Crippen LogP contribution in [0.15, 0.2) is 40.8 Å². The second-order valence-corrected chi connectivity index (χ2v) is 3.17. The summed E-state index contributed by atoms with van der Waals surface area (Å²) in [6.07, 6.45) is 3.97. The van der Waals surface area contributed by atoms with E-state index in [1.165, 1.54) is 18.4 Å². The molecule has 7 heteroatoms. The average molecular weight is 241 g/mol. The maximum atomic E-state index is 11.2. The average Bonchev–Trinajstić information content (AvgIpc) is 2.44. The van der Waals surface area contributed by atoms with E-state index in [4.69, 9.17) is 17.3 Å². The summed E-state index contributed by atoms with van der Waals surface area (Å²) in [6.45, 7) is 3.37. The van der Waals surface area contributed by atoms with Crippen LogP contribution < -0.4 is 16.4 Å². The van der Waals surface area contributed by atoms with Crippen molar-refractivity contribution in [1.82, 2.24) is 10.6 Å². The van der Waals surface area contributed by atoms with E-state index in [0.717, 1.165) is 0 Å². The number of halogens is 1. The Morgan fingerprint density at radius 3 is 2.56 bits per heavy atom. The number of allylic oxidation sites excluding steroid dienone is 2. The molecule has 16 heavy (non-hydrogen) atoms. The lowest BCUT2D eigenvalue weighted by Crippen LogP contribution is -2.22. The van der Waals surface area contributed by atoms with E-state index in [1.807, 2.05) is 5.32 Å². The lowest BCUT2D eigenvalue weighted by atomic mass is 10.3. The van der Waals surface area contributed by atoms with Crippen LogP contribution in [-0.2, 0) is 4.79 Å². The first-order valence-electron chi connectivity index (χ1n) is 4.18. The molecule has 84 valence electrons. The van der Waals surface area contributed by atoms with E-state index in [9.17, 15) is 9.59 Å². The zero-order valence-electron chi connectivity index (χ0n) is 8.16. The number of amides is 3. The van der Waals surface area contributed by atoms with E-state index >= 15 is 0 Å². The summed E-state index contributed by atoms with van der Waals surface area (Å²) in [5.41, 5.74) is 5.56. The Labute approximate surface area is 96.5 Å². The third kappa shape index (κ3) is 3.25. The van der Waals surface area contributed by atoms with Crippen LogP contribution in [0.25, 0.3) is 0 Å². The summed E-state index contributed by atoms with van der Waals surface area (Å²) in [4.78, 5) is 25.8. The van der Waals surface area contributed by atoms with E-state index in [1.54, 1.807) is 0 Å². The molecule has 1 aliphatic rings. The number of hydrogen-bond donors (Lipinski definition) is 3. The molecule has 0 atom stereocenters. The van der Waals surface area contributed by atoms with Gasteiger partial charge in [0.25, 0.3) is 5.91 Å². The number of carbonyl (C=O) groups excluding carboxylic acids is 2. The highest BCUT2D eigenvalue weighted by Gasteiger charge is 2.22. The molecule has 1 fully saturated rings. The lowest BCUT2D eigenvalue weighted by Gasteiger charge is -1.95. The maximum absolute atomic E-state index is 11.2. The number of imide groups is 1. The largest absolute Gasteiger partial charge is 0.405 e. The number of hydrogen-bond acceptors (Lipinski definition) is 4. The number of nitrogens with zero attached hydrogens (tertiary/aromatic N) is 1. The van der Waals surface area contributed by atoms with E-state index < -0.39 is 11.9 Å². The predicted molar refractivity (Wildman–Crippen MR) is 60.5 cm³/mol. The Hall–Kier alpha value is -2.08. The van der Waals surface area contributed by atoms with Crippen molar-refractivity contribution in [2.24, 2.45) is 10.7 Å². The van der Waals surface area contributed by atoms with Crippen molar-refractivity contribution in [1.29, 1.82) is 0 Å². The SMILES string of the molecule is C=C(Cl)N=C(/C=C\N)/C=C1\NC(=O)NC1=O. The zero-order valence-corrected chi connectivity index (χ0v) is 8.91. The molecule has 1 saturated heterocycles. The van der Waals surface area contributed by atoms with E-state index in [-0.39, 0.29) is 10.9 Å². The molecule has 1 rings (SSSR count). The molecular formula is C9H9ClN4O2. The van der Waals surface area contributed by atoms with Gasteiger partial charge < -0.3 is 11.1 Å². The first-order chi connectivity index (χ1) is 7.52. The van der Waals surface area contributed by atoms with E-state index in [2.05, 4.69) is 16.9 Å². The fourth-order valence-corrected chi connectivity index (χ4v) is 1.08. The van der Waals surface area contributed by atoms with Gasteiger partial charge >= 0.3 is 6.03 Å². The summed E-state index contributed by atoms with van der Waals surface area (Å²) < 4.78 is 0. The molecule has 1 heterocycles. The van der Waals surface area contributed by atoms with Gasteiger partial charge in [-0.1, -0.05) is 18.2 Å². The standard InChI is InChI=1S/C9H9ClN4O2/c1-5(10)12-6(2-3-11)4-7-8(15)14-9(16)13-7/h2-4H,1,11H2,(H2,13,14,15,16)/b3-2-,7-4-,12-6?. The molecule has 4 N–H and O–H groups in total. The Morgan fingerprint density at radius 1 is 1.44 bits per heavy atom. The Kier molecular flexibility index (Phi) is 3.84. The second kappa shape index (κ2) is 5.13. The van der Waals surface area contributed by atoms with Crippen molar-refractivity contribution >= 4 is 29.3 Å². The first kappa shape index (κ1) is 12.0. The second-order valence-electron chi connectivity index (χ2n) is 2.74. The van der Waals surface area contributed by atoms with Crippen LogP contribution in [0.3, 0.4) is 0 Å². The van der Waals surface area contributed by atoms with Crippen molar-refractivity contribution < 1.29 is 9.59 Å². The third-order valence-corrected chi connectivity index (χ3v) is 1.61. The van der Waals surface area contributed by atoms with Gasteiger partial charge in [-0.05, 0) is 18.4 Å². The highest BCUT2D eigenvalue weighted by molar-refractivity contribution is 6.30. The van der Waals surface area contributed by atoms with Crippen molar-refractivity contribution in [3.8, 4) is 0 Å². The third-order valence-electron chi connectivity index (χ3n) is 1.53. The molecule has 0 bridgehead atoms. The molecule has 0 aliphatic carbocycles. The van der Waals surface area contributed by atoms with Gasteiger partial charge in [-0.3, -0.25) is 10.1 Å². The highest BCUT2D eigenvalue weighted by Crippen LogP contribution is 2.04. The Morgan fingerprint density at radius 2 is 2.12 bits per heavy atom. The van der Waals surface area contributed by atoms with Crippen LogP contribution >= 0.6 is 11.6 Å². The van der Waals surface area contributed by atoms with Gasteiger partial charge in [-0.15, -0.1) is 0 Å². The minimum Gasteiger partial charge on any atom is -0.405 e. The van der Waals surface area contributed by atoms with Crippen molar-refractivity contribution in [3.05, 3.63) is 35.8 Å². The Balaban J connectivity index is 2.99. The van der Waals surface area contributed by atoms with Gasteiger partial charge in [0.15, 0.2) is 0 Å². The van der Waals surface area contributed by atoms with Crippen molar-refractivity contribution in [2.45, 2.75) is 0 Å². The molecule has 0 aromatic carbocycles. The zero-order chi connectivity index (χ0) is 12.1. The van der Waals surface area contributed by atoms with Crippen LogP contribution in [0.1, 0.15) is 0 Å². The smallest absolute Gasteiger partial charge is 0.326 e. The number of nitrogens with one attached hydrogen (secondary N) is 2. The van der Waals surface area contributed by atoms with Crippen LogP contribution in [-0.4, -0.2) is 17.6 Å². The highest BCUT2D eigenvalue weighted by atomic mass is 35.5.